The third-order valence-electron chi connectivity index (χ3n) is 3.06. The number of ether oxygens (including phenoxy) is 1. The second-order valence-corrected chi connectivity index (χ2v) is 4.96. The van der Waals surface area contributed by atoms with Crippen molar-refractivity contribution in [2.75, 3.05) is 7.11 Å². The molecule has 0 atom stereocenters. The summed E-state index contributed by atoms with van der Waals surface area (Å²) in [5, 5.41) is 18.0. The van der Waals surface area contributed by atoms with Gasteiger partial charge in [0.2, 0.25) is 17.6 Å². The number of nitrogens with one attached hydrogen (secondary N) is 1. The lowest BCUT2D eigenvalue weighted by Crippen LogP contribution is -2.28. The van der Waals surface area contributed by atoms with Crippen molar-refractivity contribution in [2.24, 2.45) is 0 Å². The summed E-state index contributed by atoms with van der Waals surface area (Å²) in [6.45, 7) is 0.175. The lowest BCUT2D eigenvalue weighted by Gasteiger charge is -2.00. The number of rotatable bonds is 7. The van der Waals surface area contributed by atoms with Crippen LogP contribution in [0.1, 0.15) is 11.7 Å². The van der Waals surface area contributed by atoms with Gasteiger partial charge in [-0.15, -0.1) is 10.2 Å². The van der Waals surface area contributed by atoms with Gasteiger partial charge in [0.1, 0.15) is 19.0 Å². The Morgan fingerprint density at radius 3 is 2.92 bits per heavy atom. The highest BCUT2D eigenvalue weighted by atomic mass is 19.1. The quantitative estimate of drug-likeness (QED) is 0.649. The zero-order chi connectivity index (χ0) is 17.6. The molecule has 2 heterocycles. The van der Waals surface area contributed by atoms with Crippen LogP contribution >= 0.6 is 0 Å². The van der Waals surface area contributed by atoms with Crippen LogP contribution in [0.5, 0.6) is 0 Å². The Kier molecular flexibility index (Phi) is 5.04. The van der Waals surface area contributed by atoms with Gasteiger partial charge in [0.05, 0.1) is 6.54 Å². The van der Waals surface area contributed by atoms with Gasteiger partial charge in [-0.2, -0.15) is 9.78 Å². The highest BCUT2D eigenvalue weighted by Crippen LogP contribution is 2.13. The zero-order valence-corrected chi connectivity index (χ0v) is 13.2. The molecule has 25 heavy (non-hydrogen) atoms. The van der Waals surface area contributed by atoms with Gasteiger partial charge >= 0.3 is 0 Å². The van der Waals surface area contributed by atoms with Gasteiger partial charge in [0.25, 0.3) is 0 Å². The number of amides is 1. The first-order valence-electron chi connectivity index (χ1n) is 7.25. The van der Waals surface area contributed by atoms with E-state index in [1.165, 1.54) is 31.4 Å². The normalized spacial score (nSPS) is 10.8. The van der Waals surface area contributed by atoms with E-state index >= 15 is 0 Å². The lowest BCUT2D eigenvalue weighted by molar-refractivity contribution is -0.122. The predicted molar refractivity (Wildman–Crippen MR) is 80.1 cm³/mol. The largest absolute Gasteiger partial charge is 0.377 e. The molecule has 1 aromatic carbocycles. The fourth-order valence-corrected chi connectivity index (χ4v) is 1.93. The van der Waals surface area contributed by atoms with Gasteiger partial charge in [-0.05, 0) is 29.5 Å². The molecular weight excluding hydrogens is 333 g/mol. The van der Waals surface area contributed by atoms with Crippen molar-refractivity contribution in [2.45, 2.75) is 19.7 Å². The van der Waals surface area contributed by atoms with Crippen molar-refractivity contribution in [3.63, 3.8) is 0 Å². The van der Waals surface area contributed by atoms with Crippen LogP contribution < -0.4 is 5.32 Å². The maximum Gasteiger partial charge on any atom is 0.246 e. The summed E-state index contributed by atoms with van der Waals surface area (Å²) in [5.74, 6) is 0.251. The Bertz CT molecular complexity index is 846. The van der Waals surface area contributed by atoms with Crippen LogP contribution in [-0.2, 0) is 29.2 Å². The van der Waals surface area contributed by atoms with E-state index in [4.69, 9.17) is 9.26 Å². The molecule has 11 heteroatoms. The molecular formula is C14H14FN7O3. The van der Waals surface area contributed by atoms with E-state index in [0.29, 0.717) is 17.2 Å². The van der Waals surface area contributed by atoms with Crippen molar-refractivity contribution >= 4 is 5.91 Å². The topological polar surface area (TPSA) is 121 Å². The maximum atomic E-state index is 12.9. The minimum Gasteiger partial charge on any atom is -0.377 e. The minimum atomic E-state index is -0.356. The standard InChI is InChI=1S/C14H14FN7O3/c1-24-8-11-17-13(25-20-11)6-16-12(23)7-22-19-14(18-21-22)9-2-4-10(15)5-3-9/h2-5H,6-8H2,1H3,(H,16,23). The van der Waals surface area contributed by atoms with Crippen LogP contribution in [-0.4, -0.2) is 43.4 Å². The number of hydrogen-bond donors (Lipinski definition) is 1. The van der Waals surface area contributed by atoms with Crippen LogP contribution in [0.2, 0.25) is 0 Å². The van der Waals surface area contributed by atoms with Gasteiger partial charge in [-0.1, -0.05) is 5.16 Å². The summed E-state index contributed by atoms with van der Waals surface area (Å²) >= 11 is 0. The third kappa shape index (κ3) is 4.41. The van der Waals surface area contributed by atoms with Crippen molar-refractivity contribution in [3.05, 3.63) is 41.8 Å². The third-order valence-corrected chi connectivity index (χ3v) is 3.06. The Morgan fingerprint density at radius 1 is 1.36 bits per heavy atom. The van der Waals surface area contributed by atoms with E-state index in [0.717, 1.165) is 4.80 Å². The Morgan fingerprint density at radius 2 is 2.16 bits per heavy atom. The molecule has 0 spiro atoms. The van der Waals surface area contributed by atoms with Gasteiger partial charge in [-0.3, -0.25) is 4.79 Å². The van der Waals surface area contributed by atoms with E-state index in [2.05, 4.69) is 30.9 Å². The SMILES string of the molecule is COCc1noc(CNC(=O)Cn2nnc(-c3ccc(F)cc3)n2)n1. The lowest BCUT2D eigenvalue weighted by atomic mass is 10.2. The summed E-state index contributed by atoms with van der Waals surface area (Å²) in [5.41, 5.74) is 0.601. The number of tetrazole rings is 1. The second-order valence-electron chi connectivity index (χ2n) is 4.96. The van der Waals surface area contributed by atoms with E-state index < -0.39 is 0 Å². The highest BCUT2D eigenvalue weighted by Gasteiger charge is 2.11. The Labute approximate surface area is 141 Å². The number of methoxy groups -OCH3 is 1. The first kappa shape index (κ1) is 16.6. The van der Waals surface area contributed by atoms with Gasteiger partial charge in [0, 0.05) is 12.7 Å². The van der Waals surface area contributed by atoms with Crippen LogP contribution in [0.3, 0.4) is 0 Å². The second kappa shape index (κ2) is 7.57. The number of carbonyl (C=O) groups is 1. The number of nitrogens with zero attached hydrogens (tertiary/aromatic N) is 6. The van der Waals surface area contributed by atoms with Crippen molar-refractivity contribution < 1.29 is 18.4 Å². The van der Waals surface area contributed by atoms with Crippen LogP contribution in [0.25, 0.3) is 11.4 Å². The molecule has 1 amide bonds. The predicted octanol–water partition coefficient (Wildman–Crippen LogP) is 0.325. The molecule has 2 aromatic heterocycles. The fraction of sp³-hybridized carbons (Fsp3) is 0.286. The van der Waals surface area contributed by atoms with Crippen molar-refractivity contribution in [3.8, 4) is 11.4 Å². The molecule has 0 saturated heterocycles. The fourth-order valence-electron chi connectivity index (χ4n) is 1.93. The number of benzene rings is 1. The van der Waals surface area contributed by atoms with Crippen LogP contribution in [0.4, 0.5) is 4.39 Å². The molecule has 0 fully saturated rings. The van der Waals surface area contributed by atoms with Crippen molar-refractivity contribution in [1.29, 1.82) is 0 Å². The Hall–Kier alpha value is -3.21. The summed E-state index contributed by atoms with van der Waals surface area (Å²) < 4.78 is 22.7. The summed E-state index contributed by atoms with van der Waals surface area (Å²) in [6, 6.07) is 5.66. The summed E-state index contributed by atoms with van der Waals surface area (Å²) in [6.07, 6.45) is 0. The number of halogens is 1. The molecule has 0 aliphatic carbocycles. The first-order valence-corrected chi connectivity index (χ1v) is 7.25. The average molecular weight is 347 g/mol. The zero-order valence-electron chi connectivity index (χ0n) is 13.2. The summed E-state index contributed by atoms with van der Waals surface area (Å²) in [4.78, 5) is 17.1. The summed E-state index contributed by atoms with van der Waals surface area (Å²) in [7, 11) is 1.52. The van der Waals surface area contributed by atoms with Crippen LogP contribution in [0, 0.1) is 5.82 Å². The molecule has 0 saturated carbocycles. The number of aromatic nitrogens is 6. The molecule has 0 aliphatic heterocycles. The van der Waals surface area contributed by atoms with Crippen molar-refractivity contribution in [1.82, 2.24) is 35.7 Å². The van der Waals surface area contributed by atoms with Gasteiger partial charge in [-0.25, -0.2) is 4.39 Å². The van der Waals surface area contributed by atoms with E-state index in [-0.39, 0.29) is 37.3 Å². The average Bonchev–Trinajstić information content (AvgIpc) is 3.24. The number of hydrogen-bond acceptors (Lipinski definition) is 8. The van der Waals surface area contributed by atoms with E-state index in [1.807, 2.05) is 0 Å². The molecule has 0 aliphatic rings. The molecule has 10 nitrogen and oxygen atoms in total. The first-order chi connectivity index (χ1) is 12.1. The molecule has 3 rings (SSSR count). The highest BCUT2D eigenvalue weighted by molar-refractivity contribution is 5.75. The maximum absolute atomic E-state index is 12.9. The van der Waals surface area contributed by atoms with E-state index in [1.54, 1.807) is 0 Å². The van der Waals surface area contributed by atoms with Crippen LogP contribution in [0.15, 0.2) is 28.8 Å². The Balaban J connectivity index is 1.53. The molecule has 1 N–H and O–H groups in total. The molecule has 0 bridgehead atoms. The molecule has 130 valence electrons. The van der Waals surface area contributed by atoms with Gasteiger partial charge in [0.15, 0.2) is 5.82 Å². The van der Waals surface area contributed by atoms with E-state index in [9.17, 15) is 9.18 Å². The molecule has 0 unspecified atom stereocenters. The number of carbonyl (C=O) groups excluding carboxylic acids is 1. The smallest absolute Gasteiger partial charge is 0.246 e. The monoisotopic (exact) mass is 347 g/mol. The molecule has 3 aromatic rings. The van der Waals surface area contributed by atoms with Gasteiger partial charge < -0.3 is 14.6 Å². The minimum absolute atomic E-state index is 0.0784. The molecule has 0 radical (unpaired) electrons.